The van der Waals surface area contributed by atoms with Crippen molar-refractivity contribution in [1.29, 1.82) is 0 Å². The van der Waals surface area contributed by atoms with Crippen LogP contribution in [0.3, 0.4) is 0 Å². The lowest BCUT2D eigenvalue weighted by molar-refractivity contribution is 0.419. The molecule has 0 spiro atoms. The summed E-state index contributed by atoms with van der Waals surface area (Å²) >= 11 is 0. The number of para-hydroxylation sites is 4. The number of aromatic amines is 1. The van der Waals surface area contributed by atoms with Crippen LogP contribution in [0, 0.1) is 0 Å². The Morgan fingerprint density at radius 1 is 0.852 bits per heavy atom. The van der Waals surface area contributed by atoms with E-state index in [2.05, 4.69) is 27.4 Å². The van der Waals surface area contributed by atoms with Crippen molar-refractivity contribution in [3.63, 3.8) is 0 Å². The van der Waals surface area contributed by atoms with E-state index < -0.39 is 0 Å². The van der Waals surface area contributed by atoms with Gasteiger partial charge in [-0.25, -0.2) is 9.97 Å². The van der Waals surface area contributed by atoms with Crippen LogP contribution in [0.4, 0.5) is 5.69 Å². The molecule has 0 saturated carbocycles. The summed E-state index contributed by atoms with van der Waals surface area (Å²) in [6.07, 6.45) is 0. The number of nitrogens with one attached hydrogen (secondary N) is 2. The number of imidazole rings is 1. The van der Waals surface area contributed by atoms with E-state index in [1.165, 1.54) is 0 Å². The molecule has 0 bridgehead atoms. The zero-order valence-electron chi connectivity index (χ0n) is 14.9. The van der Waals surface area contributed by atoms with E-state index in [1.54, 1.807) is 7.11 Å². The van der Waals surface area contributed by atoms with Gasteiger partial charge < -0.3 is 15.0 Å². The molecule has 3 aromatic carbocycles. The third kappa shape index (κ3) is 2.64. The van der Waals surface area contributed by atoms with Crippen molar-refractivity contribution in [3.05, 3.63) is 72.6 Å². The summed E-state index contributed by atoms with van der Waals surface area (Å²) in [7, 11) is 1.67. The van der Waals surface area contributed by atoms with Crippen LogP contribution in [0.15, 0.2) is 66.7 Å². The molecule has 0 fully saturated rings. The molecular weight excluding hydrogens is 336 g/mol. The van der Waals surface area contributed by atoms with Gasteiger partial charge in [0.2, 0.25) is 0 Å². The van der Waals surface area contributed by atoms with Crippen molar-refractivity contribution in [2.24, 2.45) is 0 Å². The second-order valence-corrected chi connectivity index (χ2v) is 6.41. The molecule has 5 nitrogen and oxygen atoms in total. The van der Waals surface area contributed by atoms with E-state index in [-0.39, 0.29) is 0 Å². The van der Waals surface area contributed by atoms with Gasteiger partial charge in [-0.3, -0.25) is 0 Å². The zero-order valence-corrected chi connectivity index (χ0v) is 14.9. The second kappa shape index (κ2) is 6.29. The number of ether oxygens (including phenoxy) is 1. The van der Waals surface area contributed by atoms with E-state index in [9.17, 15) is 0 Å². The molecule has 0 aliphatic heterocycles. The standard InChI is InChI=1S/C22H18N4O/c1-27-19-12-6-8-15-21(14-7-2-3-9-16(14)26-22(15)19)23-13-20-24-17-10-4-5-11-18(17)25-20/h2-12H,13H2,1H3,(H,23,26)(H,24,25). The highest BCUT2D eigenvalue weighted by atomic mass is 16.5. The van der Waals surface area contributed by atoms with E-state index >= 15 is 0 Å². The molecule has 5 rings (SSSR count). The number of fused-ring (bicyclic) bond motifs is 3. The number of rotatable bonds is 4. The first-order valence-corrected chi connectivity index (χ1v) is 8.86. The normalized spacial score (nSPS) is 11.3. The van der Waals surface area contributed by atoms with Crippen LogP contribution in [-0.4, -0.2) is 22.1 Å². The first-order chi connectivity index (χ1) is 13.3. The largest absolute Gasteiger partial charge is 0.494 e. The van der Waals surface area contributed by atoms with Gasteiger partial charge in [0.25, 0.3) is 0 Å². The van der Waals surface area contributed by atoms with Crippen LogP contribution in [0.25, 0.3) is 32.8 Å². The topological polar surface area (TPSA) is 62.8 Å². The van der Waals surface area contributed by atoms with E-state index in [0.717, 1.165) is 50.1 Å². The molecule has 0 saturated heterocycles. The average molecular weight is 354 g/mol. The fraction of sp³-hybridized carbons (Fsp3) is 0.0909. The number of anilines is 1. The molecule has 0 aliphatic rings. The highest BCUT2D eigenvalue weighted by Crippen LogP contribution is 2.35. The van der Waals surface area contributed by atoms with Crippen molar-refractivity contribution < 1.29 is 4.74 Å². The maximum absolute atomic E-state index is 5.53. The number of H-pyrrole nitrogens is 1. The van der Waals surface area contributed by atoms with Gasteiger partial charge in [0.1, 0.15) is 17.1 Å². The first-order valence-electron chi connectivity index (χ1n) is 8.86. The molecule has 0 amide bonds. The van der Waals surface area contributed by atoms with E-state index in [4.69, 9.17) is 9.72 Å². The monoisotopic (exact) mass is 354 g/mol. The summed E-state index contributed by atoms with van der Waals surface area (Å²) < 4.78 is 5.53. The Morgan fingerprint density at radius 3 is 2.48 bits per heavy atom. The summed E-state index contributed by atoms with van der Waals surface area (Å²) in [6, 6.07) is 22.2. The Morgan fingerprint density at radius 2 is 1.63 bits per heavy atom. The van der Waals surface area contributed by atoms with Crippen molar-refractivity contribution in [1.82, 2.24) is 15.0 Å². The van der Waals surface area contributed by atoms with Crippen molar-refractivity contribution in [3.8, 4) is 5.75 Å². The van der Waals surface area contributed by atoms with Crippen molar-refractivity contribution in [2.75, 3.05) is 12.4 Å². The minimum Gasteiger partial charge on any atom is -0.494 e. The van der Waals surface area contributed by atoms with Gasteiger partial charge in [0.05, 0.1) is 35.9 Å². The van der Waals surface area contributed by atoms with Crippen LogP contribution >= 0.6 is 0 Å². The second-order valence-electron chi connectivity index (χ2n) is 6.41. The predicted octanol–water partition coefficient (Wildman–Crippen LogP) is 4.89. The number of methoxy groups -OCH3 is 1. The minimum atomic E-state index is 0.592. The molecule has 0 unspecified atom stereocenters. The minimum absolute atomic E-state index is 0.592. The maximum Gasteiger partial charge on any atom is 0.145 e. The third-order valence-corrected chi connectivity index (χ3v) is 4.76. The van der Waals surface area contributed by atoms with Gasteiger partial charge in [0, 0.05) is 10.8 Å². The summed E-state index contributed by atoms with van der Waals surface area (Å²) in [5.74, 6) is 1.66. The Bertz CT molecular complexity index is 1240. The zero-order chi connectivity index (χ0) is 18.2. The molecule has 0 radical (unpaired) electrons. The van der Waals surface area contributed by atoms with Crippen LogP contribution in [0.5, 0.6) is 5.75 Å². The van der Waals surface area contributed by atoms with Gasteiger partial charge in [-0.05, 0) is 24.3 Å². The third-order valence-electron chi connectivity index (χ3n) is 4.76. The molecule has 2 aromatic heterocycles. The van der Waals surface area contributed by atoms with Gasteiger partial charge in [-0.2, -0.15) is 0 Å². The fourth-order valence-corrected chi connectivity index (χ4v) is 3.50. The van der Waals surface area contributed by atoms with E-state index in [1.807, 2.05) is 54.6 Å². The van der Waals surface area contributed by atoms with Crippen LogP contribution in [0.2, 0.25) is 0 Å². The highest BCUT2D eigenvalue weighted by Gasteiger charge is 2.12. The predicted molar refractivity (Wildman–Crippen MR) is 109 cm³/mol. The number of pyridine rings is 1. The van der Waals surface area contributed by atoms with Crippen molar-refractivity contribution >= 4 is 38.5 Å². The highest BCUT2D eigenvalue weighted by molar-refractivity contribution is 6.08. The van der Waals surface area contributed by atoms with Gasteiger partial charge in [0.15, 0.2) is 0 Å². The van der Waals surface area contributed by atoms with Crippen molar-refractivity contribution in [2.45, 2.75) is 6.54 Å². The molecule has 27 heavy (non-hydrogen) atoms. The van der Waals surface area contributed by atoms with Gasteiger partial charge in [-0.15, -0.1) is 0 Å². The molecule has 0 aliphatic carbocycles. The number of benzene rings is 3. The fourth-order valence-electron chi connectivity index (χ4n) is 3.50. The molecule has 5 heteroatoms. The number of aromatic nitrogens is 3. The van der Waals surface area contributed by atoms with Crippen LogP contribution in [0.1, 0.15) is 5.82 Å². The lowest BCUT2D eigenvalue weighted by atomic mass is 10.1. The quantitative estimate of drug-likeness (QED) is 0.451. The smallest absolute Gasteiger partial charge is 0.145 e. The summed E-state index contributed by atoms with van der Waals surface area (Å²) in [5, 5.41) is 5.68. The van der Waals surface area contributed by atoms with Gasteiger partial charge >= 0.3 is 0 Å². The lowest BCUT2D eigenvalue weighted by Gasteiger charge is -2.14. The Balaban J connectivity index is 1.63. The average Bonchev–Trinajstić information content (AvgIpc) is 3.13. The maximum atomic E-state index is 5.53. The molecule has 2 heterocycles. The lowest BCUT2D eigenvalue weighted by Crippen LogP contribution is -2.03. The van der Waals surface area contributed by atoms with Gasteiger partial charge in [-0.1, -0.05) is 42.5 Å². The SMILES string of the molecule is COc1cccc2c(NCc3nc4ccccc4[nH]3)c3ccccc3nc12. The number of hydrogen-bond donors (Lipinski definition) is 2. The number of hydrogen-bond acceptors (Lipinski definition) is 4. The van der Waals surface area contributed by atoms with Crippen LogP contribution < -0.4 is 10.1 Å². The summed E-state index contributed by atoms with van der Waals surface area (Å²) in [5.41, 5.74) is 4.84. The molecule has 2 N–H and O–H groups in total. The van der Waals surface area contributed by atoms with E-state index in [0.29, 0.717) is 6.54 Å². The molecule has 5 aromatic rings. The molecular formula is C22H18N4O. The molecule has 0 atom stereocenters. The molecule has 132 valence electrons. The Hall–Kier alpha value is -3.60. The Labute approximate surface area is 156 Å². The Kier molecular flexibility index (Phi) is 3.64. The van der Waals surface area contributed by atoms with Crippen LogP contribution in [-0.2, 0) is 6.54 Å². The first kappa shape index (κ1) is 15.6. The summed E-state index contributed by atoms with van der Waals surface area (Å²) in [4.78, 5) is 12.8. The number of nitrogens with zero attached hydrogens (tertiary/aromatic N) is 2. The summed E-state index contributed by atoms with van der Waals surface area (Å²) in [6.45, 7) is 0.592.